The van der Waals surface area contributed by atoms with Crippen molar-refractivity contribution in [2.24, 2.45) is 0 Å². The Bertz CT molecular complexity index is 1000. The van der Waals surface area contributed by atoms with Crippen LogP contribution in [0.1, 0.15) is 23.1 Å². The second-order valence-corrected chi connectivity index (χ2v) is 7.52. The smallest absolute Gasteiger partial charge is 0.229 e. The average molecular weight is 400 g/mol. The number of fused-ring (bicyclic) bond motifs is 1. The highest BCUT2D eigenvalue weighted by Gasteiger charge is 2.13. The van der Waals surface area contributed by atoms with Gasteiger partial charge in [-0.2, -0.15) is 4.98 Å². The number of aromatic nitrogens is 2. The molecule has 1 aliphatic heterocycles. The Morgan fingerprint density at radius 3 is 2.89 bits per heavy atom. The fourth-order valence-electron chi connectivity index (χ4n) is 2.90. The number of rotatable bonds is 4. The minimum absolute atomic E-state index is 0.0844. The summed E-state index contributed by atoms with van der Waals surface area (Å²) in [6.07, 6.45) is 2.86. The number of nitrogens with zero attached hydrogens (tertiary/aromatic N) is 2. The van der Waals surface area contributed by atoms with Crippen LogP contribution in [0.15, 0.2) is 35.2 Å². The van der Waals surface area contributed by atoms with Crippen LogP contribution in [0.2, 0.25) is 5.02 Å². The van der Waals surface area contributed by atoms with E-state index in [-0.39, 0.29) is 5.91 Å². The molecule has 0 saturated carbocycles. The van der Waals surface area contributed by atoms with Crippen molar-refractivity contribution in [3.63, 3.8) is 0 Å². The molecular weight excluding hydrogens is 382 g/mol. The zero-order valence-corrected chi connectivity index (χ0v) is 16.2. The first-order chi connectivity index (χ1) is 13.1. The van der Waals surface area contributed by atoms with E-state index in [1.165, 1.54) is 5.56 Å². The molecule has 0 radical (unpaired) electrons. The van der Waals surface area contributed by atoms with Gasteiger partial charge < -0.3 is 16.0 Å². The van der Waals surface area contributed by atoms with Crippen molar-refractivity contribution in [1.82, 2.24) is 15.3 Å². The summed E-state index contributed by atoms with van der Waals surface area (Å²) in [5.74, 6) is 1.09. The monoisotopic (exact) mass is 399 g/mol. The lowest BCUT2D eigenvalue weighted by Crippen LogP contribution is -2.20. The van der Waals surface area contributed by atoms with E-state index in [4.69, 9.17) is 11.6 Å². The highest BCUT2D eigenvalue weighted by Crippen LogP contribution is 2.29. The first kappa shape index (κ1) is 17.8. The van der Waals surface area contributed by atoms with Crippen LogP contribution in [0.5, 0.6) is 0 Å². The lowest BCUT2D eigenvalue weighted by atomic mass is 10.0. The summed E-state index contributed by atoms with van der Waals surface area (Å²) in [5, 5.41) is 13.9. The van der Waals surface area contributed by atoms with Gasteiger partial charge in [0.15, 0.2) is 5.82 Å². The van der Waals surface area contributed by atoms with Crippen LogP contribution in [0.4, 0.5) is 23.1 Å². The first-order valence-corrected chi connectivity index (χ1v) is 9.88. The van der Waals surface area contributed by atoms with E-state index in [0.717, 1.165) is 28.9 Å². The van der Waals surface area contributed by atoms with E-state index < -0.39 is 0 Å². The highest BCUT2D eigenvalue weighted by molar-refractivity contribution is 7.08. The first-order valence-electron chi connectivity index (χ1n) is 8.56. The number of thiophene rings is 1. The SMILES string of the molecule is Cc1cscc1Nc1nc(Nc2ccc3c(c2)CNC(=O)CC3)ncc1Cl. The molecule has 1 aliphatic rings. The van der Waals surface area contributed by atoms with Gasteiger partial charge in [0.25, 0.3) is 0 Å². The lowest BCUT2D eigenvalue weighted by Gasteiger charge is -2.12. The minimum atomic E-state index is 0.0844. The van der Waals surface area contributed by atoms with Crippen molar-refractivity contribution in [1.29, 1.82) is 0 Å². The summed E-state index contributed by atoms with van der Waals surface area (Å²) in [5.41, 5.74) is 5.27. The molecule has 27 heavy (non-hydrogen) atoms. The van der Waals surface area contributed by atoms with Crippen LogP contribution in [-0.4, -0.2) is 15.9 Å². The molecule has 1 amide bonds. The maximum atomic E-state index is 11.6. The maximum absolute atomic E-state index is 11.6. The number of hydrogen-bond donors (Lipinski definition) is 3. The molecule has 138 valence electrons. The summed E-state index contributed by atoms with van der Waals surface area (Å²) < 4.78 is 0. The molecule has 3 heterocycles. The number of hydrogen-bond acceptors (Lipinski definition) is 6. The third-order valence-corrected chi connectivity index (χ3v) is 5.55. The van der Waals surface area contributed by atoms with Crippen LogP contribution >= 0.6 is 22.9 Å². The largest absolute Gasteiger partial charge is 0.352 e. The predicted octanol–water partition coefficient (Wildman–Crippen LogP) is 4.55. The van der Waals surface area contributed by atoms with Crippen LogP contribution in [0.25, 0.3) is 0 Å². The molecule has 3 aromatic rings. The third-order valence-electron chi connectivity index (χ3n) is 4.41. The Kier molecular flexibility index (Phi) is 4.96. The molecule has 4 rings (SSSR count). The van der Waals surface area contributed by atoms with Crippen molar-refractivity contribution in [2.45, 2.75) is 26.3 Å². The predicted molar refractivity (Wildman–Crippen MR) is 109 cm³/mol. The summed E-state index contributed by atoms with van der Waals surface area (Å²) in [6.45, 7) is 2.57. The zero-order chi connectivity index (χ0) is 18.8. The van der Waals surface area contributed by atoms with Crippen LogP contribution in [0.3, 0.4) is 0 Å². The van der Waals surface area contributed by atoms with Gasteiger partial charge in [0.05, 0.1) is 11.9 Å². The van der Waals surface area contributed by atoms with E-state index in [0.29, 0.717) is 29.8 Å². The standard InChI is InChI=1S/C19H18ClN5OS/c1-11-9-27-10-16(11)24-18-15(20)8-22-19(25-18)23-14-4-2-12-3-5-17(26)21-7-13(12)6-14/h2,4,6,8-10H,3,5,7H2,1H3,(H,21,26)(H2,22,23,24,25). The van der Waals surface area contributed by atoms with E-state index in [1.54, 1.807) is 17.5 Å². The Balaban J connectivity index is 1.55. The molecule has 0 bridgehead atoms. The second kappa shape index (κ2) is 7.54. The van der Waals surface area contributed by atoms with Crippen LogP contribution in [-0.2, 0) is 17.8 Å². The van der Waals surface area contributed by atoms with Crippen LogP contribution in [0, 0.1) is 6.92 Å². The van der Waals surface area contributed by atoms with Crippen molar-refractivity contribution < 1.29 is 4.79 Å². The van der Waals surface area contributed by atoms with Gasteiger partial charge in [-0.3, -0.25) is 4.79 Å². The zero-order valence-electron chi connectivity index (χ0n) is 14.7. The fourth-order valence-corrected chi connectivity index (χ4v) is 3.82. The van der Waals surface area contributed by atoms with Crippen LogP contribution < -0.4 is 16.0 Å². The van der Waals surface area contributed by atoms with Gasteiger partial charge in [0.1, 0.15) is 5.02 Å². The summed E-state index contributed by atoms with van der Waals surface area (Å²) >= 11 is 7.86. The Morgan fingerprint density at radius 2 is 2.07 bits per heavy atom. The van der Waals surface area contributed by atoms with Gasteiger partial charge in [-0.05, 0) is 47.5 Å². The molecule has 0 saturated heterocycles. The van der Waals surface area contributed by atoms with Gasteiger partial charge in [-0.25, -0.2) is 4.98 Å². The Hall–Kier alpha value is -2.64. The molecule has 1 aromatic carbocycles. The molecule has 0 atom stereocenters. The molecule has 8 heteroatoms. The van der Waals surface area contributed by atoms with E-state index in [9.17, 15) is 4.79 Å². The molecule has 0 unspecified atom stereocenters. The van der Waals surface area contributed by atoms with Crippen molar-refractivity contribution in [3.8, 4) is 0 Å². The van der Waals surface area contributed by atoms with Gasteiger partial charge in [0.2, 0.25) is 11.9 Å². The normalized spacial score (nSPS) is 13.5. The van der Waals surface area contributed by atoms with Gasteiger partial charge in [0, 0.05) is 24.0 Å². The summed E-state index contributed by atoms with van der Waals surface area (Å²) in [4.78, 5) is 20.3. The van der Waals surface area contributed by atoms with Gasteiger partial charge in [-0.15, -0.1) is 11.3 Å². The number of benzene rings is 1. The van der Waals surface area contributed by atoms with Crippen molar-refractivity contribution in [3.05, 3.63) is 56.9 Å². The molecule has 6 nitrogen and oxygen atoms in total. The second-order valence-electron chi connectivity index (χ2n) is 6.37. The van der Waals surface area contributed by atoms with E-state index in [2.05, 4.69) is 31.3 Å². The number of anilines is 4. The number of amides is 1. The van der Waals surface area contributed by atoms with E-state index in [1.807, 2.05) is 30.5 Å². The van der Waals surface area contributed by atoms with Crippen molar-refractivity contribution >= 4 is 52.0 Å². The quantitative estimate of drug-likeness (QED) is 0.599. The lowest BCUT2D eigenvalue weighted by molar-refractivity contribution is -0.121. The molecular formula is C19H18ClN5OS. The molecule has 0 fully saturated rings. The number of carbonyl (C=O) groups excluding carboxylic acids is 1. The maximum Gasteiger partial charge on any atom is 0.229 e. The number of aryl methyl sites for hydroxylation is 2. The van der Waals surface area contributed by atoms with Gasteiger partial charge >= 0.3 is 0 Å². The summed E-state index contributed by atoms with van der Waals surface area (Å²) in [7, 11) is 0. The number of nitrogens with one attached hydrogen (secondary N) is 3. The molecule has 0 aliphatic carbocycles. The van der Waals surface area contributed by atoms with E-state index >= 15 is 0 Å². The Morgan fingerprint density at radius 1 is 1.19 bits per heavy atom. The molecule has 3 N–H and O–H groups in total. The molecule has 0 spiro atoms. The highest BCUT2D eigenvalue weighted by atomic mass is 35.5. The number of halogens is 1. The minimum Gasteiger partial charge on any atom is -0.352 e. The third kappa shape index (κ3) is 4.04. The number of carbonyl (C=O) groups is 1. The van der Waals surface area contributed by atoms with Crippen molar-refractivity contribution in [2.75, 3.05) is 10.6 Å². The average Bonchev–Trinajstić information content (AvgIpc) is 2.96. The summed E-state index contributed by atoms with van der Waals surface area (Å²) in [6, 6.07) is 6.04. The Labute approximate surface area is 166 Å². The topological polar surface area (TPSA) is 78.9 Å². The fraction of sp³-hybridized carbons (Fsp3) is 0.211. The van der Waals surface area contributed by atoms with Gasteiger partial charge in [-0.1, -0.05) is 17.7 Å². The molecule has 2 aromatic heterocycles.